The molecule has 154 valence electrons. The van der Waals surface area contributed by atoms with Crippen LogP contribution in [0.15, 0.2) is 29.2 Å². The van der Waals surface area contributed by atoms with Crippen LogP contribution in [0, 0.1) is 6.92 Å². The number of aliphatic carboxylic acids is 1. The van der Waals surface area contributed by atoms with Crippen LogP contribution in [0.5, 0.6) is 0 Å². The molecule has 0 bridgehead atoms. The Kier molecular flexibility index (Phi) is 11.8. The smallest absolute Gasteiger partial charge is 0.329 e. The molecule has 0 radical (unpaired) electrons. The Bertz CT molecular complexity index is 628. The van der Waals surface area contributed by atoms with Gasteiger partial charge in [-0.15, -0.1) is 0 Å². The molecule has 0 aromatic heterocycles. The summed E-state index contributed by atoms with van der Waals surface area (Å²) in [5, 5.41) is 8.36. The van der Waals surface area contributed by atoms with Crippen LogP contribution < -0.4 is 0 Å². The van der Waals surface area contributed by atoms with Crippen LogP contribution in [-0.4, -0.2) is 79.0 Å². The summed E-state index contributed by atoms with van der Waals surface area (Å²) in [6, 6.07) is 6.41. The zero-order chi connectivity index (χ0) is 20.0. The van der Waals surface area contributed by atoms with Gasteiger partial charge < -0.3 is 24.1 Å². The summed E-state index contributed by atoms with van der Waals surface area (Å²) in [4.78, 5) is 10.3. The largest absolute Gasteiger partial charge is 0.480 e. The van der Waals surface area contributed by atoms with Gasteiger partial charge in [0.15, 0.2) is 0 Å². The van der Waals surface area contributed by atoms with Gasteiger partial charge in [0.05, 0.1) is 57.8 Å². The summed E-state index contributed by atoms with van der Waals surface area (Å²) < 4.78 is 49.2. The molecule has 0 fully saturated rings. The molecule has 0 aliphatic heterocycles. The molecule has 1 N–H and O–H groups in total. The second kappa shape index (κ2) is 13.6. The maximum Gasteiger partial charge on any atom is 0.329 e. The van der Waals surface area contributed by atoms with Gasteiger partial charge in [-0.05, 0) is 19.1 Å². The lowest BCUT2D eigenvalue weighted by atomic mass is 10.2. The number of hydrogen-bond donors (Lipinski definition) is 1. The first-order chi connectivity index (χ1) is 12.9. The Balaban J connectivity index is 1.93. The van der Waals surface area contributed by atoms with Crippen molar-refractivity contribution in [2.24, 2.45) is 0 Å². The lowest BCUT2D eigenvalue weighted by Gasteiger charge is -2.08. The third-order valence-corrected chi connectivity index (χ3v) is 4.44. The van der Waals surface area contributed by atoms with E-state index >= 15 is 0 Å². The molecule has 0 spiro atoms. The average Bonchev–Trinajstić information content (AvgIpc) is 2.62. The zero-order valence-electron chi connectivity index (χ0n) is 15.3. The highest BCUT2D eigenvalue weighted by Gasteiger charge is 2.14. The molecule has 0 aliphatic rings. The number of ether oxygens (including phenoxy) is 4. The van der Waals surface area contributed by atoms with E-state index in [-0.39, 0.29) is 31.3 Å². The summed E-state index contributed by atoms with van der Waals surface area (Å²) in [7, 11) is -3.77. The molecule has 10 heteroatoms. The number of aryl methyl sites for hydroxylation is 1. The zero-order valence-corrected chi connectivity index (χ0v) is 16.1. The van der Waals surface area contributed by atoms with E-state index in [0.29, 0.717) is 33.0 Å². The summed E-state index contributed by atoms with van der Waals surface area (Å²) in [5.74, 6) is -1.02. The molecular weight excluding hydrogens is 380 g/mol. The minimum atomic E-state index is -3.77. The summed E-state index contributed by atoms with van der Waals surface area (Å²) in [6.45, 7) is 3.44. The Morgan fingerprint density at radius 3 is 1.74 bits per heavy atom. The number of carboxylic acid groups (broad SMARTS) is 1. The standard InChI is InChI=1S/C17H26O9S/c1-15-2-4-16(5-3-15)27(20,21)26-13-12-24-9-8-22-6-7-23-10-11-25-14-17(18)19/h2-5H,6-14H2,1H3,(H,18,19). The maximum absolute atomic E-state index is 11.9. The Hall–Kier alpha value is -1.56. The van der Waals surface area contributed by atoms with Gasteiger partial charge in [-0.3, -0.25) is 4.18 Å². The molecule has 1 aromatic rings. The molecule has 0 unspecified atom stereocenters. The van der Waals surface area contributed by atoms with E-state index in [2.05, 4.69) is 0 Å². The molecule has 0 atom stereocenters. The van der Waals surface area contributed by atoms with E-state index in [0.717, 1.165) is 5.56 Å². The topological polar surface area (TPSA) is 118 Å². The first kappa shape index (κ1) is 23.5. The lowest BCUT2D eigenvalue weighted by molar-refractivity contribution is -0.142. The fourth-order valence-corrected chi connectivity index (χ4v) is 2.69. The predicted molar refractivity (Wildman–Crippen MR) is 95.2 cm³/mol. The second-order valence-electron chi connectivity index (χ2n) is 5.37. The highest BCUT2D eigenvalue weighted by Crippen LogP contribution is 2.12. The second-order valence-corrected chi connectivity index (χ2v) is 6.99. The Morgan fingerprint density at radius 2 is 1.26 bits per heavy atom. The minimum Gasteiger partial charge on any atom is -0.480 e. The van der Waals surface area contributed by atoms with Gasteiger partial charge in [0, 0.05) is 0 Å². The highest BCUT2D eigenvalue weighted by atomic mass is 32.2. The SMILES string of the molecule is Cc1ccc(S(=O)(=O)OCCOCCOCCOCCOCC(=O)O)cc1. The number of benzene rings is 1. The fourth-order valence-electron chi connectivity index (χ4n) is 1.79. The molecule has 9 nitrogen and oxygen atoms in total. The summed E-state index contributed by atoms with van der Waals surface area (Å²) >= 11 is 0. The molecule has 0 aliphatic carbocycles. The molecule has 27 heavy (non-hydrogen) atoms. The van der Waals surface area contributed by atoms with Crippen molar-refractivity contribution >= 4 is 16.1 Å². The van der Waals surface area contributed by atoms with E-state index in [4.69, 9.17) is 28.2 Å². The molecule has 0 heterocycles. The first-order valence-corrected chi connectivity index (χ1v) is 9.81. The monoisotopic (exact) mass is 406 g/mol. The first-order valence-electron chi connectivity index (χ1n) is 8.40. The molecule has 1 rings (SSSR count). The summed E-state index contributed by atoms with van der Waals surface area (Å²) in [5.41, 5.74) is 0.967. The van der Waals surface area contributed by atoms with Gasteiger partial charge in [-0.2, -0.15) is 8.42 Å². The van der Waals surface area contributed by atoms with Crippen LogP contribution in [0.3, 0.4) is 0 Å². The quantitative estimate of drug-likeness (QED) is 0.315. The van der Waals surface area contributed by atoms with Crippen molar-refractivity contribution in [1.29, 1.82) is 0 Å². The molecule has 0 saturated heterocycles. The van der Waals surface area contributed by atoms with E-state index in [1.807, 2.05) is 6.92 Å². The number of hydrogen-bond acceptors (Lipinski definition) is 8. The van der Waals surface area contributed by atoms with Gasteiger partial charge in [0.2, 0.25) is 0 Å². The van der Waals surface area contributed by atoms with Gasteiger partial charge in [0.1, 0.15) is 6.61 Å². The predicted octanol–water partition coefficient (Wildman–Crippen LogP) is 0.851. The number of rotatable bonds is 16. The normalized spacial score (nSPS) is 11.6. The van der Waals surface area contributed by atoms with Crippen molar-refractivity contribution in [3.05, 3.63) is 29.8 Å². The van der Waals surface area contributed by atoms with Crippen LogP contribution in [0.2, 0.25) is 0 Å². The van der Waals surface area contributed by atoms with Crippen molar-refractivity contribution < 1.29 is 41.4 Å². The molecule has 0 saturated carbocycles. The number of carboxylic acids is 1. The van der Waals surface area contributed by atoms with Crippen LogP contribution in [0.25, 0.3) is 0 Å². The van der Waals surface area contributed by atoms with Gasteiger partial charge in [0.25, 0.3) is 10.1 Å². The van der Waals surface area contributed by atoms with E-state index in [1.54, 1.807) is 12.1 Å². The van der Waals surface area contributed by atoms with Crippen molar-refractivity contribution in [3.63, 3.8) is 0 Å². The highest BCUT2D eigenvalue weighted by molar-refractivity contribution is 7.86. The molecular formula is C17H26O9S. The molecule has 1 aromatic carbocycles. The maximum atomic E-state index is 11.9. The van der Waals surface area contributed by atoms with Crippen molar-refractivity contribution in [2.75, 3.05) is 59.5 Å². The lowest BCUT2D eigenvalue weighted by Crippen LogP contribution is -2.15. The van der Waals surface area contributed by atoms with Gasteiger partial charge >= 0.3 is 5.97 Å². The van der Waals surface area contributed by atoms with E-state index in [9.17, 15) is 13.2 Å². The van der Waals surface area contributed by atoms with Crippen LogP contribution in [0.1, 0.15) is 5.56 Å². The Labute approximate surface area is 159 Å². The van der Waals surface area contributed by atoms with Crippen molar-refractivity contribution in [1.82, 2.24) is 0 Å². The third-order valence-electron chi connectivity index (χ3n) is 3.12. The summed E-state index contributed by atoms with van der Waals surface area (Å²) in [6.07, 6.45) is 0. The van der Waals surface area contributed by atoms with Gasteiger partial charge in [-0.25, -0.2) is 4.79 Å². The third kappa shape index (κ3) is 11.7. The van der Waals surface area contributed by atoms with E-state index in [1.165, 1.54) is 12.1 Å². The van der Waals surface area contributed by atoms with Crippen molar-refractivity contribution in [2.45, 2.75) is 11.8 Å². The fraction of sp³-hybridized carbons (Fsp3) is 0.588. The molecule has 0 amide bonds. The number of carbonyl (C=O) groups is 1. The van der Waals surface area contributed by atoms with Crippen LogP contribution in [-0.2, 0) is 38.0 Å². The average molecular weight is 406 g/mol. The minimum absolute atomic E-state index is 0.0737. The van der Waals surface area contributed by atoms with Crippen molar-refractivity contribution in [3.8, 4) is 0 Å². The van der Waals surface area contributed by atoms with Gasteiger partial charge in [-0.1, -0.05) is 17.7 Å². The van der Waals surface area contributed by atoms with Crippen LogP contribution in [0.4, 0.5) is 0 Å². The Morgan fingerprint density at radius 1 is 0.815 bits per heavy atom. The van der Waals surface area contributed by atoms with E-state index < -0.39 is 16.1 Å². The van der Waals surface area contributed by atoms with Crippen LogP contribution >= 0.6 is 0 Å².